The second-order valence-electron chi connectivity index (χ2n) is 8.22. The van der Waals surface area contributed by atoms with Crippen molar-refractivity contribution in [2.24, 2.45) is 5.92 Å². The van der Waals surface area contributed by atoms with Crippen molar-refractivity contribution in [1.29, 1.82) is 0 Å². The second kappa shape index (κ2) is 5.77. The van der Waals surface area contributed by atoms with Crippen molar-refractivity contribution in [1.82, 2.24) is 0 Å². The molecule has 0 aromatic heterocycles. The van der Waals surface area contributed by atoms with E-state index in [-0.39, 0.29) is 24.2 Å². The van der Waals surface area contributed by atoms with Crippen molar-refractivity contribution in [2.75, 3.05) is 6.61 Å². The van der Waals surface area contributed by atoms with Crippen molar-refractivity contribution in [3.8, 4) is 11.5 Å². The van der Waals surface area contributed by atoms with E-state index in [1.54, 1.807) is 26.0 Å². The van der Waals surface area contributed by atoms with E-state index in [4.69, 9.17) is 4.74 Å². The molecule has 5 nitrogen and oxygen atoms in total. The highest BCUT2D eigenvalue weighted by molar-refractivity contribution is 5.81. The first-order valence-electron chi connectivity index (χ1n) is 8.66. The number of rotatable bonds is 3. The van der Waals surface area contributed by atoms with E-state index in [0.29, 0.717) is 17.7 Å². The van der Waals surface area contributed by atoms with Crippen molar-refractivity contribution in [3.05, 3.63) is 34.9 Å². The Labute approximate surface area is 147 Å². The number of carboxylic acids is 1. The van der Waals surface area contributed by atoms with Crippen LogP contribution in [0.4, 0.5) is 0 Å². The number of hydrogen-bond donors (Lipinski definition) is 3. The normalized spacial score (nSPS) is 24.6. The Morgan fingerprint density at radius 2 is 2.04 bits per heavy atom. The lowest BCUT2D eigenvalue weighted by molar-refractivity contribution is -0.142. The highest BCUT2D eigenvalue weighted by Crippen LogP contribution is 2.54. The minimum Gasteiger partial charge on any atom is -0.508 e. The van der Waals surface area contributed by atoms with E-state index in [0.717, 1.165) is 17.6 Å². The summed E-state index contributed by atoms with van der Waals surface area (Å²) in [6.07, 6.45) is 3.53. The molecule has 5 heteroatoms. The number of phenolic OH excluding ortho intramolecular Hbond substituents is 1. The molecule has 0 amide bonds. The molecule has 0 spiro atoms. The fraction of sp³-hybridized carbons (Fsp3) is 0.550. The topological polar surface area (TPSA) is 87.0 Å². The van der Waals surface area contributed by atoms with Gasteiger partial charge < -0.3 is 20.1 Å². The average molecular weight is 346 g/mol. The first kappa shape index (κ1) is 17.8. The van der Waals surface area contributed by atoms with Crippen LogP contribution in [0, 0.1) is 5.92 Å². The van der Waals surface area contributed by atoms with Crippen LogP contribution in [0.2, 0.25) is 0 Å². The monoisotopic (exact) mass is 346 g/mol. The van der Waals surface area contributed by atoms with Crippen LogP contribution >= 0.6 is 0 Å². The molecule has 1 aromatic rings. The number of aliphatic hydroxyl groups is 1. The number of carboxylic acid groups (broad SMARTS) is 1. The van der Waals surface area contributed by atoms with Gasteiger partial charge in [-0.15, -0.1) is 0 Å². The van der Waals surface area contributed by atoms with Crippen LogP contribution in [0.25, 0.3) is 0 Å². The van der Waals surface area contributed by atoms with Crippen LogP contribution in [0.15, 0.2) is 23.8 Å². The predicted molar refractivity (Wildman–Crippen MR) is 94.1 cm³/mol. The maximum Gasteiger partial charge on any atom is 0.313 e. The van der Waals surface area contributed by atoms with E-state index >= 15 is 0 Å². The summed E-state index contributed by atoms with van der Waals surface area (Å²) in [4.78, 5) is 11.6. The van der Waals surface area contributed by atoms with Gasteiger partial charge in [-0.1, -0.05) is 6.08 Å². The van der Waals surface area contributed by atoms with Gasteiger partial charge in [-0.25, -0.2) is 0 Å². The lowest BCUT2D eigenvalue weighted by Gasteiger charge is -2.47. The molecular formula is C20H26O5. The average Bonchev–Trinajstić information content (AvgIpc) is 2.52. The predicted octanol–water partition coefficient (Wildman–Crippen LogP) is 3.34. The molecule has 1 heterocycles. The number of ether oxygens (including phenoxy) is 1. The molecule has 0 saturated carbocycles. The Morgan fingerprint density at radius 3 is 2.64 bits per heavy atom. The lowest BCUT2D eigenvalue weighted by atomic mass is 9.66. The second-order valence-corrected chi connectivity index (χ2v) is 8.22. The van der Waals surface area contributed by atoms with Gasteiger partial charge >= 0.3 is 5.97 Å². The number of aliphatic hydroxyl groups excluding tert-OH is 1. The molecule has 3 N–H and O–H groups in total. The van der Waals surface area contributed by atoms with Crippen molar-refractivity contribution < 1.29 is 24.9 Å². The number of aliphatic carboxylic acids is 1. The van der Waals surface area contributed by atoms with Crippen LogP contribution in [-0.4, -0.2) is 33.5 Å². The molecular weight excluding hydrogens is 320 g/mol. The van der Waals surface area contributed by atoms with Gasteiger partial charge in [0.25, 0.3) is 0 Å². The SMILES string of the molecule is CC(C)(C(=O)O)c1cc(O)c2c(c1)OC(C)(C)C1CC=C(CO)CC21. The standard InChI is InChI=1S/C20H26O5/c1-19(2,18(23)24)12-8-15(22)17-13-7-11(10-21)5-6-14(13)20(3,4)25-16(17)9-12/h5,8-9,13-14,21-22H,6-7,10H2,1-4H3,(H,23,24). The van der Waals surface area contributed by atoms with Crippen molar-refractivity contribution in [3.63, 3.8) is 0 Å². The van der Waals surface area contributed by atoms with Gasteiger partial charge in [-0.05, 0) is 63.8 Å². The molecule has 0 saturated heterocycles. The Balaban J connectivity index is 2.14. The zero-order valence-corrected chi connectivity index (χ0v) is 15.2. The molecule has 136 valence electrons. The van der Waals surface area contributed by atoms with E-state index in [2.05, 4.69) is 6.08 Å². The third kappa shape index (κ3) is 2.80. The summed E-state index contributed by atoms with van der Waals surface area (Å²) < 4.78 is 6.21. The zero-order chi connectivity index (χ0) is 18.6. The Bertz CT molecular complexity index is 745. The van der Waals surface area contributed by atoms with Crippen molar-refractivity contribution in [2.45, 2.75) is 57.5 Å². The Kier molecular flexibility index (Phi) is 4.11. The Hall–Kier alpha value is -2.01. The fourth-order valence-corrected chi connectivity index (χ4v) is 4.08. The lowest BCUT2D eigenvalue weighted by Crippen LogP contribution is -2.45. The maximum atomic E-state index is 11.6. The van der Waals surface area contributed by atoms with Gasteiger partial charge in [0.15, 0.2) is 0 Å². The number of hydrogen-bond acceptors (Lipinski definition) is 4. The largest absolute Gasteiger partial charge is 0.508 e. The van der Waals surface area contributed by atoms with Crippen LogP contribution in [0.5, 0.6) is 11.5 Å². The van der Waals surface area contributed by atoms with Gasteiger partial charge in [0.2, 0.25) is 0 Å². The maximum absolute atomic E-state index is 11.6. The molecule has 3 rings (SSSR count). The third-order valence-corrected chi connectivity index (χ3v) is 5.84. The molecule has 2 aliphatic rings. The summed E-state index contributed by atoms with van der Waals surface area (Å²) >= 11 is 0. The molecule has 0 bridgehead atoms. The number of phenols is 1. The third-order valence-electron chi connectivity index (χ3n) is 5.84. The van der Waals surface area contributed by atoms with Crippen LogP contribution in [0.3, 0.4) is 0 Å². The molecule has 0 fully saturated rings. The molecule has 0 radical (unpaired) electrons. The highest BCUT2D eigenvalue weighted by atomic mass is 16.5. The van der Waals surface area contributed by atoms with E-state index in [9.17, 15) is 20.1 Å². The molecule has 2 atom stereocenters. The van der Waals surface area contributed by atoms with Gasteiger partial charge in [-0.3, -0.25) is 4.79 Å². The first-order valence-corrected chi connectivity index (χ1v) is 8.66. The quantitative estimate of drug-likeness (QED) is 0.731. The molecule has 1 aromatic carbocycles. The summed E-state index contributed by atoms with van der Waals surface area (Å²) in [5.41, 5.74) is 0.652. The smallest absolute Gasteiger partial charge is 0.313 e. The van der Waals surface area contributed by atoms with Crippen LogP contribution in [-0.2, 0) is 10.2 Å². The number of benzene rings is 1. The summed E-state index contributed by atoms with van der Waals surface area (Å²) in [5, 5.41) is 29.7. The minimum absolute atomic E-state index is 0.0186. The van der Waals surface area contributed by atoms with Gasteiger partial charge in [-0.2, -0.15) is 0 Å². The number of aromatic hydroxyl groups is 1. The van der Waals surface area contributed by atoms with E-state index in [1.165, 1.54) is 0 Å². The molecule has 2 unspecified atom stereocenters. The summed E-state index contributed by atoms with van der Waals surface area (Å²) in [7, 11) is 0. The van der Waals surface area contributed by atoms with Crippen LogP contribution in [0.1, 0.15) is 57.6 Å². The fourth-order valence-electron chi connectivity index (χ4n) is 4.08. The van der Waals surface area contributed by atoms with Gasteiger partial charge in [0.1, 0.15) is 17.1 Å². The highest BCUT2D eigenvalue weighted by Gasteiger charge is 2.46. The Morgan fingerprint density at radius 1 is 1.36 bits per heavy atom. The van der Waals surface area contributed by atoms with Gasteiger partial charge in [0, 0.05) is 17.4 Å². The number of carbonyl (C=O) groups is 1. The molecule has 1 aliphatic heterocycles. The van der Waals surface area contributed by atoms with E-state index in [1.807, 2.05) is 13.8 Å². The molecule has 1 aliphatic carbocycles. The zero-order valence-electron chi connectivity index (χ0n) is 15.2. The van der Waals surface area contributed by atoms with Crippen LogP contribution < -0.4 is 4.74 Å². The summed E-state index contributed by atoms with van der Waals surface area (Å²) in [6.45, 7) is 7.29. The number of fused-ring (bicyclic) bond motifs is 3. The first-order chi connectivity index (χ1) is 11.6. The van der Waals surface area contributed by atoms with Gasteiger partial charge in [0.05, 0.1) is 12.0 Å². The number of allylic oxidation sites excluding steroid dienone is 1. The molecule has 25 heavy (non-hydrogen) atoms. The summed E-state index contributed by atoms with van der Waals surface area (Å²) in [6, 6.07) is 3.29. The summed E-state index contributed by atoms with van der Waals surface area (Å²) in [5.74, 6) is -0.0864. The minimum atomic E-state index is -1.13. The van der Waals surface area contributed by atoms with E-state index < -0.39 is 17.0 Å². The van der Waals surface area contributed by atoms with Crippen molar-refractivity contribution >= 4 is 5.97 Å².